The molecule has 0 N–H and O–H groups in total. The summed E-state index contributed by atoms with van der Waals surface area (Å²) in [7, 11) is 0. The number of aryl methyl sites for hydroxylation is 2. The van der Waals surface area contributed by atoms with E-state index in [2.05, 4.69) is 41.5 Å². The van der Waals surface area contributed by atoms with Gasteiger partial charge in [-0.3, -0.25) is 14.5 Å². The van der Waals surface area contributed by atoms with Crippen molar-refractivity contribution < 1.29 is 9.59 Å². The second-order valence-electron chi connectivity index (χ2n) is 8.45. The van der Waals surface area contributed by atoms with Crippen LogP contribution in [0.15, 0.2) is 36.4 Å². The van der Waals surface area contributed by atoms with Gasteiger partial charge in [-0.05, 0) is 44.7 Å². The third-order valence-corrected chi connectivity index (χ3v) is 6.26. The van der Waals surface area contributed by atoms with Crippen LogP contribution < -0.4 is 0 Å². The number of carbonyl (C=O) groups excluding carboxylic acids is 2. The average Bonchev–Trinajstić information content (AvgIpc) is 3.51. The Morgan fingerprint density at radius 2 is 1.69 bits per heavy atom. The van der Waals surface area contributed by atoms with E-state index in [0.29, 0.717) is 32.1 Å². The van der Waals surface area contributed by atoms with Gasteiger partial charge in [-0.1, -0.05) is 30.3 Å². The first-order valence-corrected chi connectivity index (χ1v) is 10.8. The maximum atomic E-state index is 12.9. The van der Waals surface area contributed by atoms with Crippen LogP contribution in [-0.4, -0.2) is 58.8 Å². The summed E-state index contributed by atoms with van der Waals surface area (Å²) in [4.78, 5) is 29.5. The fourth-order valence-electron chi connectivity index (χ4n) is 4.45. The predicted molar refractivity (Wildman–Crippen MR) is 114 cm³/mol. The van der Waals surface area contributed by atoms with Crippen LogP contribution in [0.5, 0.6) is 0 Å². The number of rotatable bonds is 7. The first kappa shape index (κ1) is 19.9. The molecule has 0 radical (unpaired) electrons. The molecule has 154 valence electrons. The fraction of sp³-hybridized carbons (Fsp3) is 0.500. The fourth-order valence-corrected chi connectivity index (χ4v) is 4.45. The lowest BCUT2D eigenvalue weighted by atomic mass is 10.1. The highest BCUT2D eigenvalue weighted by atomic mass is 16.2. The van der Waals surface area contributed by atoms with Gasteiger partial charge in [-0.15, -0.1) is 0 Å². The molecule has 29 heavy (non-hydrogen) atoms. The quantitative estimate of drug-likeness (QED) is 0.678. The molecule has 2 fully saturated rings. The van der Waals surface area contributed by atoms with Gasteiger partial charge in [0.25, 0.3) is 0 Å². The summed E-state index contributed by atoms with van der Waals surface area (Å²) in [6.45, 7) is 7.57. The summed E-state index contributed by atoms with van der Waals surface area (Å²) in [5.41, 5.74) is 4.39. The van der Waals surface area contributed by atoms with E-state index in [0.717, 1.165) is 30.8 Å². The largest absolute Gasteiger partial charge is 0.345 e. The van der Waals surface area contributed by atoms with Crippen LogP contribution in [0, 0.1) is 13.8 Å². The Bertz CT molecular complexity index is 875. The number of carbonyl (C=O) groups is 2. The van der Waals surface area contributed by atoms with E-state index in [-0.39, 0.29) is 11.7 Å². The Morgan fingerprint density at radius 3 is 2.34 bits per heavy atom. The molecule has 1 aromatic heterocycles. The van der Waals surface area contributed by atoms with Gasteiger partial charge in [0, 0.05) is 55.6 Å². The lowest BCUT2D eigenvalue weighted by Gasteiger charge is -2.34. The number of piperazine rings is 1. The molecule has 2 aliphatic rings. The zero-order chi connectivity index (χ0) is 20.4. The van der Waals surface area contributed by atoms with Crippen LogP contribution in [0.2, 0.25) is 0 Å². The second kappa shape index (κ2) is 8.54. The van der Waals surface area contributed by atoms with Crippen LogP contribution in [0.3, 0.4) is 0 Å². The third kappa shape index (κ3) is 4.61. The van der Waals surface area contributed by atoms with E-state index < -0.39 is 0 Å². The van der Waals surface area contributed by atoms with Crippen LogP contribution >= 0.6 is 0 Å². The topological polar surface area (TPSA) is 45.6 Å². The third-order valence-electron chi connectivity index (χ3n) is 6.26. The normalized spacial score (nSPS) is 17.5. The first-order valence-electron chi connectivity index (χ1n) is 10.8. The SMILES string of the molecule is Cc1cc(C(=O)CN2CCN(C(=O)CCc3ccccc3)CC2)c(C)n1C1CC1. The van der Waals surface area contributed by atoms with Crippen molar-refractivity contribution in [3.63, 3.8) is 0 Å². The molecule has 2 heterocycles. The van der Waals surface area contributed by atoms with E-state index in [1.807, 2.05) is 23.1 Å². The van der Waals surface area contributed by atoms with Crippen molar-refractivity contribution in [3.05, 3.63) is 58.9 Å². The number of hydrogen-bond donors (Lipinski definition) is 0. The van der Waals surface area contributed by atoms with E-state index in [4.69, 9.17) is 0 Å². The van der Waals surface area contributed by atoms with Gasteiger partial charge < -0.3 is 9.47 Å². The Hall–Kier alpha value is -2.40. The number of benzene rings is 1. The van der Waals surface area contributed by atoms with Crippen molar-refractivity contribution >= 4 is 11.7 Å². The van der Waals surface area contributed by atoms with Crippen LogP contribution in [0.4, 0.5) is 0 Å². The van der Waals surface area contributed by atoms with Crippen LogP contribution in [0.25, 0.3) is 0 Å². The molecule has 1 aliphatic heterocycles. The van der Waals surface area contributed by atoms with Crippen LogP contribution in [0.1, 0.15) is 52.6 Å². The minimum absolute atomic E-state index is 0.203. The van der Waals surface area contributed by atoms with Crippen molar-refractivity contribution in [3.8, 4) is 0 Å². The first-order chi connectivity index (χ1) is 14.0. The second-order valence-corrected chi connectivity index (χ2v) is 8.45. The number of nitrogens with zero attached hydrogens (tertiary/aromatic N) is 3. The smallest absolute Gasteiger partial charge is 0.222 e. The summed E-state index contributed by atoms with van der Waals surface area (Å²) in [6.07, 6.45) is 3.79. The number of hydrogen-bond acceptors (Lipinski definition) is 3. The van der Waals surface area contributed by atoms with E-state index in [1.165, 1.54) is 24.1 Å². The molecular weight excluding hydrogens is 362 g/mol. The zero-order valence-electron chi connectivity index (χ0n) is 17.6. The number of aromatic nitrogens is 1. The van der Waals surface area contributed by atoms with E-state index in [9.17, 15) is 9.59 Å². The minimum Gasteiger partial charge on any atom is -0.345 e. The van der Waals surface area contributed by atoms with Gasteiger partial charge in [0.05, 0.1) is 6.54 Å². The predicted octanol–water partition coefficient (Wildman–Crippen LogP) is 3.40. The van der Waals surface area contributed by atoms with Gasteiger partial charge in [0.1, 0.15) is 0 Å². The molecule has 2 aromatic rings. The highest BCUT2D eigenvalue weighted by Crippen LogP contribution is 2.38. The van der Waals surface area contributed by atoms with Crippen molar-refractivity contribution in [1.29, 1.82) is 0 Å². The van der Waals surface area contributed by atoms with Crippen LogP contribution in [-0.2, 0) is 11.2 Å². The number of amides is 1. The summed E-state index contributed by atoms with van der Waals surface area (Å²) in [5.74, 6) is 0.418. The van der Waals surface area contributed by atoms with Crippen molar-refractivity contribution in [2.45, 2.75) is 45.6 Å². The van der Waals surface area contributed by atoms with Crippen molar-refractivity contribution in [2.75, 3.05) is 32.7 Å². The lowest BCUT2D eigenvalue weighted by molar-refractivity contribution is -0.132. The Kier molecular flexibility index (Phi) is 5.86. The maximum Gasteiger partial charge on any atom is 0.222 e. The monoisotopic (exact) mass is 393 g/mol. The summed E-state index contributed by atoms with van der Waals surface area (Å²) >= 11 is 0. The highest BCUT2D eigenvalue weighted by Gasteiger charge is 2.29. The molecule has 4 rings (SSSR count). The summed E-state index contributed by atoms with van der Waals surface area (Å²) in [6, 6.07) is 12.8. The van der Waals surface area contributed by atoms with Gasteiger partial charge in [-0.2, -0.15) is 0 Å². The zero-order valence-corrected chi connectivity index (χ0v) is 17.6. The van der Waals surface area contributed by atoms with Gasteiger partial charge >= 0.3 is 0 Å². The van der Waals surface area contributed by atoms with E-state index in [1.54, 1.807) is 0 Å². The molecule has 5 nitrogen and oxygen atoms in total. The molecular formula is C24H31N3O2. The highest BCUT2D eigenvalue weighted by molar-refractivity contribution is 5.99. The molecule has 1 saturated carbocycles. The minimum atomic E-state index is 0.203. The van der Waals surface area contributed by atoms with Gasteiger partial charge in [0.15, 0.2) is 5.78 Å². The van der Waals surface area contributed by atoms with Crippen molar-refractivity contribution in [2.24, 2.45) is 0 Å². The Morgan fingerprint density at radius 1 is 1.00 bits per heavy atom. The molecule has 1 aromatic carbocycles. The molecule has 1 amide bonds. The Balaban J connectivity index is 1.26. The maximum absolute atomic E-state index is 12.9. The lowest BCUT2D eigenvalue weighted by Crippen LogP contribution is -2.50. The van der Waals surface area contributed by atoms with Crippen molar-refractivity contribution in [1.82, 2.24) is 14.4 Å². The van der Waals surface area contributed by atoms with E-state index >= 15 is 0 Å². The standard InChI is InChI=1S/C24H31N3O2/c1-18-16-22(19(2)27(18)21-9-10-21)23(28)17-25-12-14-26(15-13-25)24(29)11-8-20-6-4-3-5-7-20/h3-7,16,21H,8-15,17H2,1-2H3. The Labute approximate surface area is 173 Å². The molecule has 1 aliphatic carbocycles. The molecule has 0 bridgehead atoms. The molecule has 1 saturated heterocycles. The molecule has 0 spiro atoms. The number of Topliss-reactive ketones (excluding diaryl/α,β-unsaturated/α-hetero) is 1. The molecule has 5 heteroatoms. The molecule has 0 unspecified atom stereocenters. The average molecular weight is 394 g/mol. The van der Waals surface area contributed by atoms with Gasteiger partial charge in [0.2, 0.25) is 5.91 Å². The molecule has 0 atom stereocenters. The van der Waals surface area contributed by atoms with Gasteiger partial charge in [-0.25, -0.2) is 0 Å². The number of ketones is 1. The summed E-state index contributed by atoms with van der Waals surface area (Å²) in [5, 5.41) is 0. The summed E-state index contributed by atoms with van der Waals surface area (Å²) < 4.78 is 2.33.